The molecular weight excluding hydrogens is 646 g/mol. The molecule has 5 fully saturated rings. The Morgan fingerprint density at radius 1 is 0.922 bits per heavy atom. The van der Waals surface area contributed by atoms with Crippen LogP contribution in [0.25, 0.3) is 0 Å². The quantitative estimate of drug-likeness (QED) is 0.138. The van der Waals surface area contributed by atoms with E-state index in [4.69, 9.17) is 4.74 Å². The van der Waals surface area contributed by atoms with Gasteiger partial charge in [-0.25, -0.2) is 4.79 Å². The van der Waals surface area contributed by atoms with E-state index < -0.39 is 41.5 Å². The largest absolute Gasteiger partial charge is 0.381 e. The van der Waals surface area contributed by atoms with Crippen molar-refractivity contribution in [2.24, 2.45) is 28.1 Å². The van der Waals surface area contributed by atoms with Gasteiger partial charge >= 0.3 is 6.03 Å². The van der Waals surface area contributed by atoms with Crippen LogP contribution in [0.4, 0.5) is 4.79 Å². The third-order valence-electron chi connectivity index (χ3n) is 13.3. The van der Waals surface area contributed by atoms with Crippen LogP contribution in [0.3, 0.4) is 0 Å². The summed E-state index contributed by atoms with van der Waals surface area (Å²) in [4.78, 5) is 56.0. The molecule has 0 radical (unpaired) electrons. The number of urea groups is 1. The predicted octanol–water partition coefficient (Wildman–Crippen LogP) is 5.19. The Bertz CT molecular complexity index is 1250. The van der Waals surface area contributed by atoms with E-state index in [2.05, 4.69) is 42.0 Å². The van der Waals surface area contributed by atoms with Gasteiger partial charge in [-0.2, -0.15) is 0 Å². The highest BCUT2D eigenvalue weighted by Crippen LogP contribution is 2.65. The van der Waals surface area contributed by atoms with Gasteiger partial charge in [-0.3, -0.25) is 19.3 Å². The summed E-state index contributed by atoms with van der Waals surface area (Å²) >= 11 is 0. The first-order chi connectivity index (χ1) is 24.0. The summed E-state index contributed by atoms with van der Waals surface area (Å²) < 4.78 is 5.61. The zero-order valence-corrected chi connectivity index (χ0v) is 32.7. The number of carbonyl (C=O) groups is 4. The molecule has 2 aliphatic heterocycles. The third kappa shape index (κ3) is 9.66. The van der Waals surface area contributed by atoms with E-state index in [1.54, 1.807) is 0 Å². The number of carbonyl (C=O) groups excluding carboxylic acids is 4. The molecule has 5 aliphatic rings. The first-order valence-corrected chi connectivity index (χ1v) is 20.3. The van der Waals surface area contributed by atoms with E-state index in [0.717, 1.165) is 90.3 Å². The molecule has 0 spiro atoms. The van der Waals surface area contributed by atoms with Crippen LogP contribution >= 0.6 is 0 Å². The molecule has 0 bridgehead atoms. The number of likely N-dealkylation sites (tertiary alicyclic amines) is 1. The van der Waals surface area contributed by atoms with Crippen LogP contribution in [-0.4, -0.2) is 89.3 Å². The molecule has 1 unspecified atom stereocenters. The second-order valence-electron chi connectivity index (χ2n) is 18.9. The molecule has 0 aromatic carbocycles. The maximum atomic E-state index is 14.2. The van der Waals surface area contributed by atoms with Gasteiger partial charge in [0.1, 0.15) is 6.23 Å². The second-order valence-corrected chi connectivity index (χ2v) is 18.9. The minimum atomic E-state index is -1.13. The highest BCUT2D eigenvalue weighted by atomic mass is 16.5. The summed E-state index contributed by atoms with van der Waals surface area (Å²) in [6.07, 6.45) is 13.0. The maximum absolute atomic E-state index is 14.2. The third-order valence-corrected chi connectivity index (χ3v) is 13.3. The molecule has 6 atom stereocenters. The van der Waals surface area contributed by atoms with Crippen LogP contribution in [0, 0.1) is 28.1 Å². The number of amides is 4. The van der Waals surface area contributed by atoms with E-state index >= 15 is 0 Å². The van der Waals surface area contributed by atoms with E-state index in [1.165, 1.54) is 6.42 Å². The highest BCUT2D eigenvalue weighted by molar-refractivity contribution is 6.38. The van der Waals surface area contributed by atoms with Crippen molar-refractivity contribution < 1.29 is 29.0 Å². The van der Waals surface area contributed by atoms with Gasteiger partial charge in [0.15, 0.2) is 0 Å². The monoisotopic (exact) mass is 716 g/mol. The lowest BCUT2D eigenvalue weighted by Gasteiger charge is -2.44. The zero-order chi connectivity index (χ0) is 37.2. The number of fused-ring (bicyclic) bond motifs is 1. The smallest absolute Gasteiger partial charge is 0.315 e. The average molecular weight is 716 g/mol. The molecule has 11 nitrogen and oxygen atoms in total. The standard InChI is InChI=1S/C40H69N5O6/c1-8-9-14-28(31(46)34(48)41-26-15-16-26)42-33(47)30-29-27(38(29,5)6)25-45(30)35(49)32(37(2,3)4)43-36(50)44-40(18-11-10-12-19-40)20-13-17-39(7)21-23-51-24-22-39/h26-30,32,35,49H,8-25H2,1-7H3,(H,41,48)(H,42,47)(H2,43,44,50)/t27-,28+,29+,30+,32-,35?/m1/s1. The molecule has 0 aromatic rings. The zero-order valence-electron chi connectivity index (χ0n) is 32.7. The van der Waals surface area contributed by atoms with Gasteiger partial charge < -0.3 is 31.1 Å². The average Bonchev–Trinajstić information content (AvgIpc) is 3.92. The SMILES string of the molecule is CCCC[C@H](NC(=O)[C@@H]1[C@@H]2[C@@H](CN1C(O)[C@@H](NC(=O)NC1(CCCC3(C)CCOCC3)CCCCC1)C(C)(C)C)C2(C)C)C(=O)C(=O)NC1CC1. The Labute approximate surface area is 306 Å². The van der Waals surface area contributed by atoms with E-state index in [-0.39, 0.29) is 46.2 Å². The van der Waals surface area contributed by atoms with Crippen molar-refractivity contribution in [1.29, 1.82) is 0 Å². The lowest BCUT2D eigenvalue weighted by atomic mass is 9.74. The Balaban J connectivity index is 1.27. The summed E-state index contributed by atoms with van der Waals surface area (Å²) in [5, 5.41) is 24.5. The molecule has 0 aromatic heterocycles. The van der Waals surface area contributed by atoms with Crippen molar-refractivity contribution in [3.63, 3.8) is 0 Å². The van der Waals surface area contributed by atoms with Crippen LogP contribution < -0.4 is 21.3 Å². The topological polar surface area (TPSA) is 149 Å². The maximum Gasteiger partial charge on any atom is 0.315 e. The van der Waals surface area contributed by atoms with Crippen molar-refractivity contribution >= 4 is 23.6 Å². The molecule has 4 amide bonds. The number of hydrogen-bond donors (Lipinski definition) is 5. The summed E-state index contributed by atoms with van der Waals surface area (Å²) in [7, 11) is 0. The lowest BCUT2D eigenvalue weighted by Crippen LogP contribution is -2.64. The number of nitrogens with one attached hydrogen (secondary N) is 4. The number of ketones is 1. The molecule has 5 N–H and O–H groups in total. The van der Waals surface area contributed by atoms with Crippen molar-refractivity contribution in [3.8, 4) is 0 Å². The van der Waals surface area contributed by atoms with Crippen LogP contribution in [0.15, 0.2) is 0 Å². The van der Waals surface area contributed by atoms with Crippen LogP contribution in [0.5, 0.6) is 0 Å². The normalized spacial score (nSPS) is 28.4. The van der Waals surface area contributed by atoms with E-state index in [1.807, 2.05) is 32.6 Å². The summed E-state index contributed by atoms with van der Waals surface area (Å²) in [5.41, 5.74) is -0.609. The van der Waals surface area contributed by atoms with Gasteiger partial charge in [-0.15, -0.1) is 0 Å². The summed E-state index contributed by atoms with van der Waals surface area (Å²) in [6.45, 7) is 16.8. The Kier molecular flexibility index (Phi) is 12.5. The van der Waals surface area contributed by atoms with Crippen molar-refractivity contribution in [2.45, 2.75) is 181 Å². The first kappa shape index (κ1) is 40.0. The minimum absolute atomic E-state index is 0.00749. The number of ether oxygens (including phenoxy) is 1. The van der Waals surface area contributed by atoms with Crippen molar-refractivity contribution in [2.75, 3.05) is 19.8 Å². The first-order valence-electron chi connectivity index (χ1n) is 20.3. The highest BCUT2D eigenvalue weighted by Gasteiger charge is 2.69. The van der Waals surface area contributed by atoms with Gasteiger partial charge in [0, 0.05) is 31.3 Å². The Morgan fingerprint density at radius 3 is 2.20 bits per heavy atom. The van der Waals surface area contributed by atoms with Gasteiger partial charge in [-0.1, -0.05) is 87.0 Å². The predicted molar refractivity (Wildman–Crippen MR) is 198 cm³/mol. The molecule has 2 saturated heterocycles. The lowest BCUT2D eigenvalue weighted by molar-refractivity contribution is -0.142. The van der Waals surface area contributed by atoms with Crippen molar-refractivity contribution in [1.82, 2.24) is 26.2 Å². The number of Topliss-reactive ketones (excluding diaryl/α,β-unsaturated/α-hetero) is 1. The number of rotatable bonds is 16. The molecular formula is C40H69N5O6. The minimum Gasteiger partial charge on any atom is -0.381 e. The molecule has 290 valence electrons. The van der Waals surface area contributed by atoms with Gasteiger partial charge in [0.25, 0.3) is 5.91 Å². The van der Waals surface area contributed by atoms with E-state index in [9.17, 15) is 24.3 Å². The Morgan fingerprint density at radius 2 is 1.59 bits per heavy atom. The fraction of sp³-hybridized carbons (Fsp3) is 0.900. The molecule has 2 heterocycles. The molecule has 3 aliphatic carbocycles. The molecule has 51 heavy (non-hydrogen) atoms. The second kappa shape index (κ2) is 16.0. The fourth-order valence-electron chi connectivity index (χ4n) is 9.45. The van der Waals surface area contributed by atoms with Gasteiger partial charge in [0.05, 0.1) is 18.1 Å². The molecule has 5 rings (SSSR count). The van der Waals surface area contributed by atoms with Crippen LogP contribution in [0.1, 0.15) is 145 Å². The molecule has 11 heteroatoms. The number of aliphatic hydroxyl groups is 1. The summed E-state index contributed by atoms with van der Waals surface area (Å²) in [6, 6.07) is -2.50. The van der Waals surface area contributed by atoms with E-state index in [0.29, 0.717) is 19.4 Å². The number of nitrogens with zero attached hydrogens (tertiary/aromatic N) is 1. The van der Waals surface area contributed by atoms with Crippen molar-refractivity contribution in [3.05, 3.63) is 0 Å². The van der Waals surface area contributed by atoms with Crippen LogP contribution in [0.2, 0.25) is 0 Å². The van der Waals surface area contributed by atoms with Gasteiger partial charge in [-0.05, 0) is 85.9 Å². The summed E-state index contributed by atoms with van der Waals surface area (Å²) in [5.74, 6) is -1.39. The van der Waals surface area contributed by atoms with Crippen LogP contribution in [-0.2, 0) is 19.1 Å². The number of aliphatic hydroxyl groups excluding tert-OH is 1. The number of unbranched alkanes of at least 4 members (excludes halogenated alkanes) is 1. The number of hydrogen-bond acceptors (Lipinski definition) is 7. The Hall–Kier alpha value is -2.24. The van der Waals surface area contributed by atoms with Gasteiger partial charge in [0.2, 0.25) is 11.7 Å². The molecule has 3 saturated carbocycles. The number of piperidine rings is 1. The fourth-order valence-corrected chi connectivity index (χ4v) is 9.45.